The monoisotopic (exact) mass is 493 g/mol. The highest BCUT2D eigenvalue weighted by atomic mass is 16.5. The molecule has 4 rings (SSSR count). The number of urea groups is 1. The summed E-state index contributed by atoms with van der Waals surface area (Å²) in [6, 6.07) is 31.7. The summed E-state index contributed by atoms with van der Waals surface area (Å²) in [5.41, 5.74) is 4.21. The maximum Gasteiger partial charge on any atom is 0.326 e. The Bertz CT molecular complexity index is 1320. The van der Waals surface area contributed by atoms with Gasteiger partial charge in [-0.05, 0) is 85.1 Å². The fraction of sp³-hybridized carbons (Fsp3) is 0.161. The third-order valence-corrected chi connectivity index (χ3v) is 5.89. The van der Waals surface area contributed by atoms with E-state index >= 15 is 0 Å². The lowest BCUT2D eigenvalue weighted by Gasteiger charge is -2.24. The SMILES string of the molecule is CCc1ccc(C(=O)NCCN(C(=O)Nc2cccc(C)c2)c2ccc(Oc3ccccc3)cc2)cc1. The number of hydrogen-bond acceptors (Lipinski definition) is 3. The van der Waals surface area contributed by atoms with E-state index in [0.717, 1.165) is 17.7 Å². The fourth-order valence-corrected chi connectivity index (χ4v) is 3.86. The molecule has 4 aromatic carbocycles. The van der Waals surface area contributed by atoms with Crippen molar-refractivity contribution in [2.45, 2.75) is 20.3 Å². The minimum absolute atomic E-state index is 0.173. The predicted molar refractivity (Wildman–Crippen MR) is 149 cm³/mol. The van der Waals surface area contributed by atoms with Crippen molar-refractivity contribution in [3.8, 4) is 11.5 Å². The van der Waals surface area contributed by atoms with Crippen molar-refractivity contribution in [1.29, 1.82) is 0 Å². The number of hydrogen-bond donors (Lipinski definition) is 2. The van der Waals surface area contributed by atoms with Crippen molar-refractivity contribution in [3.05, 3.63) is 120 Å². The number of aryl methyl sites for hydroxylation is 2. The fourth-order valence-electron chi connectivity index (χ4n) is 3.86. The molecule has 0 aliphatic rings. The summed E-state index contributed by atoms with van der Waals surface area (Å²) in [6.07, 6.45) is 0.919. The third kappa shape index (κ3) is 7.21. The van der Waals surface area contributed by atoms with Gasteiger partial charge in [0.15, 0.2) is 0 Å². The van der Waals surface area contributed by atoms with Crippen LogP contribution >= 0.6 is 0 Å². The first-order valence-electron chi connectivity index (χ1n) is 12.4. The second-order valence-corrected chi connectivity index (χ2v) is 8.67. The molecule has 2 N–H and O–H groups in total. The molecule has 4 aromatic rings. The lowest BCUT2D eigenvalue weighted by atomic mass is 10.1. The molecule has 0 radical (unpaired) electrons. The molecule has 0 unspecified atom stereocenters. The predicted octanol–water partition coefficient (Wildman–Crippen LogP) is 6.82. The summed E-state index contributed by atoms with van der Waals surface area (Å²) in [5.74, 6) is 1.23. The van der Waals surface area contributed by atoms with Crippen LogP contribution in [0.4, 0.5) is 16.2 Å². The minimum atomic E-state index is -0.288. The van der Waals surface area contributed by atoms with Crippen LogP contribution in [0, 0.1) is 6.92 Å². The van der Waals surface area contributed by atoms with E-state index < -0.39 is 0 Å². The Labute approximate surface area is 217 Å². The van der Waals surface area contributed by atoms with E-state index in [2.05, 4.69) is 17.6 Å². The van der Waals surface area contributed by atoms with Gasteiger partial charge in [-0.25, -0.2) is 4.79 Å². The second-order valence-electron chi connectivity index (χ2n) is 8.67. The first kappa shape index (κ1) is 25.5. The Hall–Kier alpha value is -4.58. The summed E-state index contributed by atoms with van der Waals surface area (Å²) in [4.78, 5) is 27.5. The van der Waals surface area contributed by atoms with E-state index in [4.69, 9.17) is 4.74 Å². The van der Waals surface area contributed by atoms with Gasteiger partial charge in [-0.15, -0.1) is 0 Å². The average molecular weight is 494 g/mol. The van der Waals surface area contributed by atoms with Crippen molar-refractivity contribution in [3.63, 3.8) is 0 Å². The molecule has 37 heavy (non-hydrogen) atoms. The van der Waals surface area contributed by atoms with Crippen LogP contribution in [0.2, 0.25) is 0 Å². The van der Waals surface area contributed by atoms with Gasteiger partial charge in [0.2, 0.25) is 0 Å². The molecule has 0 heterocycles. The summed E-state index contributed by atoms with van der Waals surface area (Å²) < 4.78 is 5.88. The van der Waals surface area contributed by atoms with Gasteiger partial charge in [-0.1, -0.05) is 49.4 Å². The Balaban J connectivity index is 1.46. The quantitative estimate of drug-likeness (QED) is 0.269. The van der Waals surface area contributed by atoms with Gasteiger partial charge >= 0.3 is 6.03 Å². The van der Waals surface area contributed by atoms with Crippen molar-refractivity contribution in [1.82, 2.24) is 5.32 Å². The summed E-state index contributed by atoms with van der Waals surface area (Å²) in [5, 5.41) is 5.88. The van der Waals surface area contributed by atoms with Gasteiger partial charge < -0.3 is 15.4 Å². The zero-order chi connectivity index (χ0) is 26.0. The number of nitrogens with zero attached hydrogens (tertiary/aromatic N) is 1. The van der Waals surface area contributed by atoms with E-state index in [1.54, 1.807) is 4.90 Å². The smallest absolute Gasteiger partial charge is 0.326 e. The van der Waals surface area contributed by atoms with Crippen molar-refractivity contribution in [2.24, 2.45) is 0 Å². The number of benzene rings is 4. The zero-order valence-corrected chi connectivity index (χ0v) is 21.1. The maximum atomic E-state index is 13.3. The molecule has 0 aromatic heterocycles. The van der Waals surface area contributed by atoms with Crippen LogP contribution in [0.1, 0.15) is 28.4 Å². The van der Waals surface area contributed by atoms with E-state index in [1.807, 2.05) is 110 Å². The Morgan fingerprint density at radius 3 is 2.19 bits per heavy atom. The van der Waals surface area contributed by atoms with Gasteiger partial charge in [-0.3, -0.25) is 9.69 Å². The number of carbonyl (C=O) groups excluding carboxylic acids is 2. The molecule has 0 saturated heterocycles. The summed E-state index contributed by atoms with van der Waals surface area (Å²) in [6.45, 7) is 4.63. The average Bonchev–Trinajstić information content (AvgIpc) is 2.92. The van der Waals surface area contributed by atoms with E-state index in [0.29, 0.717) is 22.7 Å². The van der Waals surface area contributed by atoms with Crippen LogP contribution in [0.15, 0.2) is 103 Å². The van der Waals surface area contributed by atoms with Gasteiger partial charge in [-0.2, -0.15) is 0 Å². The van der Waals surface area contributed by atoms with Crippen molar-refractivity contribution < 1.29 is 14.3 Å². The van der Waals surface area contributed by atoms with Crippen molar-refractivity contribution in [2.75, 3.05) is 23.3 Å². The number of nitrogens with one attached hydrogen (secondary N) is 2. The van der Waals surface area contributed by atoms with E-state index in [1.165, 1.54) is 5.56 Å². The van der Waals surface area contributed by atoms with E-state index in [9.17, 15) is 9.59 Å². The molecule has 0 aliphatic carbocycles. The van der Waals surface area contributed by atoms with Crippen LogP contribution in [0.3, 0.4) is 0 Å². The zero-order valence-electron chi connectivity index (χ0n) is 21.1. The lowest BCUT2D eigenvalue weighted by molar-refractivity contribution is 0.0954. The largest absolute Gasteiger partial charge is 0.457 e. The molecule has 0 saturated carbocycles. The first-order chi connectivity index (χ1) is 18.0. The van der Waals surface area contributed by atoms with Crippen LogP contribution < -0.4 is 20.3 Å². The van der Waals surface area contributed by atoms with Gasteiger partial charge in [0, 0.05) is 30.0 Å². The number of para-hydroxylation sites is 1. The second kappa shape index (κ2) is 12.4. The molecular formula is C31H31N3O3. The first-order valence-corrected chi connectivity index (χ1v) is 12.4. The highest BCUT2D eigenvalue weighted by Gasteiger charge is 2.17. The molecule has 0 atom stereocenters. The molecule has 6 heteroatoms. The highest BCUT2D eigenvalue weighted by Crippen LogP contribution is 2.25. The number of carbonyl (C=O) groups is 2. The van der Waals surface area contributed by atoms with Crippen LogP contribution in [0.5, 0.6) is 11.5 Å². The highest BCUT2D eigenvalue weighted by molar-refractivity contribution is 6.02. The summed E-state index contributed by atoms with van der Waals surface area (Å²) >= 11 is 0. The molecule has 188 valence electrons. The molecule has 0 fully saturated rings. The van der Waals surface area contributed by atoms with Gasteiger partial charge in [0.1, 0.15) is 11.5 Å². The normalized spacial score (nSPS) is 10.4. The van der Waals surface area contributed by atoms with Gasteiger partial charge in [0.05, 0.1) is 0 Å². The van der Waals surface area contributed by atoms with Gasteiger partial charge in [0.25, 0.3) is 5.91 Å². The maximum absolute atomic E-state index is 13.3. The molecule has 0 bridgehead atoms. The number of rotatable bonds is 9. The van der Waals surface area contributed by atoms with E-state index in [-0.39, 0.29) is 25.0 Å². The number of anilines is 2. The molecule has 3 amide bonds. The van der Waals surface area contributed by atoms with Crippen LogP contribution in [0.25, 0.3) is 0 Å². The third-order valence-electron chi connectivity index (χ3n) is 5.89. The van der Waals surface area contributed by atoms with Crippen molar-refractivity contribution >= 4 is 23.3 Å². The number of ether oxygens (including phenoxy) is 1. The van der Waals surface area contributed by atoms with Crippen LogP contribution in [-0.2, 0) is 6.42 Å². The topological polar surface area (TPSA) is 70.7 Å². The molecule has 0 spiro atoms. The Morgan fingerprint density at radius 2 is 1.51 bits per heavy atom. The van der Waals surface area contributed by atoms with Crippen LogP contribution in [-0.4, -0.2) is 25.0 Å². The molecule has 6 nitrogen and oxygen atoms in total. The minimum Gasteiger partial charge on any atom is -0.457 e. The lowest BCUT2D eigenvalue weighted by Crippen LogP contribution is -2.41. The Kier molecular flexibility index (Phi) is 8.55. The summed E-state index contributed by atoms with van der Waals surface area (Å²) in [7, 11) is 0. The Morgan fingerprint density at radius 1 is 0.811 bits per heavy atom. The standard InChI is InChI=1S/C31H31N3O3/c1-3-24-12-14-25(15-13-24)30(35)32-20-21-34(31(36)33-26-9-7-8-23(2)22-26)27-16-18-29(19-17-27)37-28-10-5-4-6-11-28/h4-19,22H,3,20-21H2,1-2H3,(H,32,35)(H,33,36). The number of amides is 3. The molecular weight excluding hydrogens is 462 g/mol. The molecule has 0 aliphatic heterocycles.